The molecule has 0 saturated heterocycles. The van der Waals surface area contributed by atoms with Gasteiger partial charge in [0.1, 0.15) is 5.76 Å². The Morgan fingerprint density at radius 3 is 2.17 bits per heavy atom. The van der Waals surface area contributed by atoms with Crippen LogP contribution in [0.25, 0.3) is 0 Å². The molecule has 0 aromatic rings. The quantitative estimate of drug-likeness (QED) is 0.296. The predicted molar refractivity (Wildman–Crippen MR) is 51.8 cm³/mol. The van der Waals surface area contributed by atoms with Gasteiger partial charge in [0.2, 0.25) is 0 Å². The fourth-order valence-corrected chi connectivity index (χ4v) is 0.520. The van der Waals surface area contributed by atoms with E-state index in [0.29, 0.717) is 17.4 Å². The molecule has 3 heteroatoms. The topological polar surface area (TPSA) is 47.6 Å². The van der Waals surface area contributed by atoms with E-state index in [4.69, 9.17) is 10.5 Å². The van der Waals surface area contributed by atoms with Gasteiger partial charge in [-0.3, -0.25) is 4.99 Å². The summed E-state index contributed by atoms with van der Waals surface area (Å²) in [5.74, 6) is 1.14. The average molecular weight is 168 g/mol. The first-order valence-corrected chi connectivity index (χ1v) is 3.72. The van der Waals surface area contributed by atoms with E-state index >= 15 is 0 Å². The van der Waals surface area contributed by atoms with Crippen molar-refractivity contribution in [2.75, 3.05) is 7.05 Å². The van der Waals surface area contributed by atoms with Gasteiger partial charge < -0.3 is 10.5 Å². The molecule has 0 heterocycles. The van der Waals surface area contributed by atoms with Crippen LogP contribution >= 0.6 is 0 Å². The van der Waals surface area contributed by atoms with Gasteiger partial charge in [-0.1, -0.05) is 6.58 Å². The molecule has 2 N–H and O–H groups in total. The first-order valence-electron chi connectivity index (χ1n) is 3.72. The number of allylic oxidation sites excluding steroid dienone is 2. The minimum Gasteiger partial charge on any atom is -0.444 e. The van der Waals surface area contributed by atoms with Crippen LogP contribution in [0.3, 0.4) is 0 Å². The van der Waals surface area contributed by atoms with Crippen LogP contribution in [0.2, 0.25) is 0 Å². The number of ether oxygens (including phenoxy) is 1. The Balaban J connectivity index is 4.35. The van der Waals surface area contributed by atoms with E-state index < -0.39 is 0 Å². The molecule has 0 spiro atoms. The normalized spacial score (nSPS) is 13.8. The number of nitrogens with zero attached hydrogens (tertiary/aromatic N) is 1. The second-order valence-electron chi connectivity index (χ2n) is 2.58. The van der Waals surface area contributed by atoms with E-state index in [1.165, 1.54) is 0 Å². The lowest BCUT2D eigenvalue weighted by molar-refractivity contribution is 0.423. The van der Waals surface area contributed by atoms with Gasteiger partial charge in [0.05, 0.1) is 0 Å². The Bertz CT molecular complexity index is 235. The lowest BCUT2D eigenvalue weighted by Crippen LogP contribution is -2.04. The maximum absolute atomic E-state index is 5.55. The van der Waals surface area contributed by atoms with Crippen LogP contribution in [0.1, 0.15) is 20.8 Å². The highest BCUT2D eigenvalue weighted by atomic mass is 16.5. The van der Waals surface area contributed by atoms with Crippen LogP contribution in [0.4, 0.5) is 0 Å². The Morgan fingerprint density at radius 1 is 1.33 bits per heavy atom. The van der Waals surface area contributed by atoms with Gasteiger partial charge in [-0.25, -0.2) is 0 Å². The summed E-state index contributed by atoms with van der Waals surface area (Å²) in [6, 6.07) is 0. The van der Waals surface area contributed by atoms with Gasteiger partial charge in [0.15, 0.2) is 5.90 Å². The summed E-state index contributed by atoms with van der Waals surface area (Å²) in [5, 5.41) is 0. The van der Waals surface area contributed by atoms with Crippen molar-refractivity contribution in [2.24, 2.45) is 10.7 Å². The summed E-state index contributed by atoms with van der Waals surface area (Å²) >= 11 is 0. The lowest BCUT2D eigenvalue weighted by Gasteiger charge is -2.08. The van der Waals surface area contributed by atoms with Gasteiger partial charge in [0.25, 0.3) is 0 Å². The van der Waals surface area contributed by atoms with Crippen molar-refractivity contribution in [1.82, 2.24) is 0 Å². The molecule has 0 amide bonds. The molecule has 0 aliphatic carbocycles. The van der Waals surface area contributed by atoms with Crippen molar-refractivity contribution in [3.63, 3.8) is 0 Å². The number of rotatable bonds is 2. The maximum Gasteiger partial charge on any atom is 0.186 e. The van der Waals surface area contributed by atoms with Gasteiger partial charge in [-0.05, 0) is 13.8 Å². The zero-order valence-corrected chi connectivity index (χ0v) is 8.14. The standard InChI is InChI=1S/C9H16N2O/c1-6(7(2)10)8(3)12-9(4)11-5/h3,10H2,1-2,4-5H3/b7-6-,11-9?. The number of aliphatic imine (C=N–C) groups is 1. The van der Waals surface area contributed by atoms with Crippen LogP contribution in [-0.4, -0.2) is 12.9 Å². The van der Waals surface area contributed by atoms with Crippen LogP contribution in [0.5, 0.6) is 0 Å². The van der Waals surface area contributed by atoms with Crippen molar-refractivity contribution in [2.45, 2.75) is 20.8 Å². The molecule has 0 aliphatic heterocycles. The largest absolute Gasteiger partial charge is 0.444 e. The predicted octanol–water partition coefficient (Wildman–Crippen LogP) is 1.82. The van der Waals surface area contributed by atoms with Crippen molar-refractivity contribution in [3.8, 4) is 0 Å². The number of hydrogen-bond acceptors (Lipinski definition) is 3. The first kappa shape index (κ1) is 10.8. The highest BCUT2D eigenvalue weighted by Gasteiger charge is 2.01. The summed E-state index contributed by atoms with van der Waals surface area (Å²) in [5.41, 5.74) is 7.12. The molecule has 0 unspecified atom stereocenters. The Morgan fingerprint density at radius 2 is 1.83 bits per heavy atom. The third-order valence-electron chi connectivity index (χ3n) is 1.60. The summed E-state index contributed by atoms with van der Waals surface area (Å²) in [6.45, 7) is 9.16. The van der Waals surface area contributed by atoms with E-state index in [0.717, 1.165) is 5.57 Å². The molecule has 68 valence electrons. The minimum absolute atomic E-state index is 0.554. The highest BCUT2D eigenvalue weighted by molar-refractivity contribution is 5.74. The van der Waals surface area contributed by atoms with Crippen molar-refractivity contribution in [1.29, 1.82) is 0 Å². The van der Waals surface area contributed by atoms with Gasteiger partial charge in [-0.15, -0.1) is 0 Å². The Labute approximate surface area is 73.6 Å². The molecule has 0 atom stereocenters. The van der Waals surface area contributed by atoms with Crippen molar-refractivity contribution < 1.29 is 4.74 Å². The molecule has 12 heavy (non-hydrogen) atoms. The molecule has 0 rings (SSSR count). The number of nitrogens with two attached hydrogens (primary N) is 1. The van der Waals surface area contributed by atoms with E-state index in [2.05, 4.69) is 11.6 Å². The van der Waals surface area contributed by atoms with Crippen LogP contribution < -0.4 is 5.73 Å². The summed E-state index contributed by atoms with van der Waals surface area (Å²) in [4.78, 5) is 3.84. The fraction of sp³-hybridized carbons (Fsp3) is 0.444. The van der Waals surface area contributed by atoms with Crippen LogP contribution in [-0.2, 0) is 4.74 Å². The monoisotopic (exact) mass is 168 g/mol. The Kier molecular flexibility index (Phi) is 4.11. The molecule has 0 aliphatic rings. The third kappa shape index (κ3) is 3.23. The van der Waals surface area contributed by atoms with Crippen molar-refractivity contribution >= 4 is 5.90 Å². The molecule has 0 fully saturated rings. The van der Waals surface area contributed by atoms with E-state index in [1.807, 2.05) is 13.8 Å². The summed E-state index contributed by atoms with van der Waals surface area (Å²) in [7, 11) is 1.66. The van der Waals surface area contributed by atoms with Gasteiger partial charge in [-0.2, -0.15) is 0 Å². The zero-order chi connectivity index (χ0) is 9.72. The average Bonchev–Trinajstić information content (AvgIpc) is 2.02. The third-order valence-corrected chi connectivity index (χ3v) is 1.60. The Hall–Kier alpha value is -1.25. The molecule has 0 saturated carbocycles. The fourth-order valence-electron chi connectivity index (χ4n) is 0.520. The smallest absolute Gasteiger partial charge is 0.186 e. The second-order valence-corrected chi connectivity index (χ2v) is 2.58. The molecule has 0 bridgehead atoms. The van der Waals surface area contributed by atoms with Crippen LogP contribution in [0, 0.1) is 0 Å². The summed E-state index contributed by atoms with van der Waals surface area (Å²) < 4.78 is 5.24. The molecule has 3 nitrogen and oxygen atoms in total. The molecular weight excluding hydrogens is 152 g/mol. The van der Waals surface area contributed by atoms with Crippen molar-refractivity contribution in [3.05, 3.63) is 23.6 Å². The summed E-state index contributed by atoms with van der Waals surface area (Å²) in [6.07, 6.45) is 0. The number of hydrogen-bond donors (Lipinski definition) is 1. The highest BCUT2D eigenvalue weighted by Crippen LogP contribution is 2.10. The van der Waals surface area contributed by atoms with Crippen LogP contribution in [0.15, 0.2) is 28.6 Å². The van der Waals surface area contributed by atoms with E-state index in [9.17, 15) is 0 Å². The molecular formula is C9H16N2O. The SMILES string of the molecule is C=C(OC(C)=NC)/C(C)=C(/C)N. The minimum atomic E-state index is 0.554. The van der Waals surface area contributed by atoms with Gasteiger partial charge in [0, 0.05) is 25.2 Å². The molecule has 0 aromatic carbocycles. The second kappa shape index (κ2) is 4.59. The van der Waals surface area contributed by atoms with Gasteiger partial charge >= 0.3 is 0 Å². The van der Waals surface area contributed by atoms with E-state index in [1.54, 1.807) is 14.0 Å². The molecule has 0 radical (unpaired) electrons. The van der Waals surface area contributed by atoms with E-state index in [-0.39, 0.29) is 0 Å². The zero-order valence-electron chi connectivity index (χ0n) is 8.14. The maximum atomic E-state index is 5.55. The lowest BCUT2D eigenvalue weighted by atomic mass is 10.2. The molecule has 0 aromatic heterocycles. The first-order chi connectivity index (χ1) is 5.49.